The highest BCUT2D eigenvalue weighted by Gasteiger charge is 2.11. The van der Waals surface area contributed by atoms with Crippen LogP contribution in [0.3, 0.4) is 0 Å². The molecule has 1 amide bonds. The maximum Gasteiger partial charge on any atom is 0.270 e. The summed E-state index contributed by atoms with van der Waals surface area (Å²) in [4.78, 5) is 14.7. The largest absolute Gasteiger partial charge is 0.389 e. The van der Waals surface area contributed by atoms with E-state index in [0.29, 0.717) is 5.00 Å². The summed E-state index contributed by atoms with van der Waals surface area (Å²) >= 11 is 1.33. The summed E-state index contributed by atoms with van der Waals surface area (Å²) in [5, 5.41) is 1.30. The maximum absolute atomic E-state index is 10.7. The average Bonchev–Trinajstić information content (AvgIpc) is 2.32. The Kier molecular flexibility index (Phi) is 2.65. The molecule has 0 aliphatic rings. The number of nitrogen functional groups attached to an aromatic ring is 1. The molecule has 1 aromatic heterocycles. The molecule has 1 rings (SSSR count). The number of anilines is 1. The van der Waals surface area contributed by atoms with Gasteiger partial charge in [0.15, 0.2) is 5.69 Å². The Morgan fingerprint density at radius 1 is 1.67 bits per heavy atom. The van der Waals surface area contributed by atoms with Crippen LogP contribution >= 0.6 is 11.3 Å². The van der Waals surface area contributed by atoms with Gasteiger partial charge in [-0.15, -0.1) is 11.3 Å². The van der Waals surface area contributed by atoms with Gasteiger partial charge in [0, 0.05) is 0 Å². The highest BCUT2D eigenvalue weighted by Crippen LogP contribution is 2.21. The Morgan fingerprint density at radius 3 is 2.75 bits per heavy atom. The van der Waals surface area contributed by atoms with E-state index in [9.17, 15) is 4.79 Å². The summed E-state index contributed by atoms with van der Waals surface area (Å²) in [6.45, 7) is 2.04. The number of aryl methyl sites for hydroxylation is 1. The van der Waals surface area contributed by atoms with E-state index in [2.05, 4.69) is 4.98 Å². The highest BCUT2D eigenvalue weighted by molar-refractivity contribution is 7.15. The van der Waals surface area contributed by atoms with E-state index in [-0.39, 0.29) is 5.69 Å². The van der Waals surface area contributed by atoms with Gasteiger partial charge < -0.3 is 11.5 Å². The first-order valence-electron chi connectivity index (χ1n) is 3.70. The molecule has 0 atom stereocenters. The summed E-state index contributed by atoms with van der Waals surface area (Å²) in [6.07, 6.45) is 1.84. The van der Waals surface area contributed by atoms with E-state index in [4.69, 9.17) is 11.5 Å². The second-order valence-electron chi connectivity index (χ2n) is 2.43. The molecular formula is C7H11N3OS. The molecule has 66 valence electrons. The van der Waals surface area contributed by atoms with Gasteiger partial charge in [-0.25, -0.2) is 4.98 Å². The van der Waals surface area contributed by atoms with Gasteiger partial charge in [0.05, 0.1) is 5.01 Å². The zero-order valence-electron chi connectivity index (χ0n) is 6.83. The first-order chi connectivity index (χ1) is 5.65. The van der Waals surface area contributed by atoms with Crippen molar-refractivity contribution in [3.05, 3.63) is 10.7 Å². The molecule has 0 fully saturated rings. The number of nitrogens with zero attached hydrogens (tertiary/aromatic N) is 1. The maximum atomic E-state index is 10.7. The number of amides is 1. The van der Waals surface area contributed by atoms with Crippen LogP contribution in [-0.4, -0.2) is 10.9 Å². The van der Waals surface area contributed by atoms with Crippen LogP contribution in [0.15, 0.2) is 0 Å². The number of rotatable bonds is 3. The van der Waals surface area contributed by atoms with Crippen LogP contribution < -0.4 is 11.5 Å². The Balaban J connectivity index is 2.92. The van der Waals surface area contributed by atoms with Gasteiger partial charge in [-0.3, -0.25) is 4.79 Å². The molecule has 0 saturated carbocycles. The van der Waals surface area contributed by atoms with E-state index < -0.39 is 5.91 Å². The van der Waals surface area contributed by atoms with Crippen molar-refractivity contribution in [2.75, 3.05) is 5.73 Å². The number of hydrogen-bond donors (Lipinski definition) is 2. The lowest BCUT2D eigenvalue weighted by Crippen LogP contribution is -2.13. The minimum Gasteiger partial charge on any atom is -0.389 e. The van der Waals surface area contributed by atoms with Crippen molar-refractivity contribution in [2.45, 2.75) is 19.8 Å². The fourth-order valence-corrected chi connectivity index (χ4v) is 1.82. The fraction of sp³-hybridized carbons (Fsp3) is 0.429. The lowest BCUT2D eigenvalue weighted by molar-refractivity contribution is 0.0997. The second-order valence-corrected chi connectivity index (χ2v) is 3.55. The van der Waals surface area contributed by atoms with E-state index in [1.165, 1.54) is 11.3 Å². The van der Waals surface area contributed by atoms with E-state index in [1.807, 2.05) is 6.92 Å². The van der Waals surface area contributed by atoms with Crippen molar-refractivity contribution in [3.8, 4) is 0 Å². The Labute approximate surface area is 74.6 Å². The Morgan fingerprint density at radius 2 is 2.33 bits per heavy atom. The van der Waals surface area contributed by atoms with Crippen molar-refractivity contribution < 1.29 is 4.79 Å². The molecule has 0 radical (unpaired) electrons. The summed E-state index contributed by atoms with van der Waals surface area (Å²) in [7, 11) is 0. The molecule has 4 N–H and O–H groups in total. The molecule has 0 saturated heterocycles. The molecule has 0 aliphatic heterocycles. The monoisotopic (exact) mass is 185 g/mol. The molecule has 1 heterocycles. The van der Waals surface area contributed by atoms with Crippen molar-refractivity contribution in [1.29, 1.82) is 0 Å². The van der Waals surface area contributed by atoms with Gasteiger partial charge in [-0.1, -0.05) is 6.92 Å². The second kappa shape index (κ2) is 3.53. The minimum atomic E-state index is -0.550. The molecular weight excluding hydrogens is 174 g/mol. The van der Waals surface area contributed by atoms with Crippen LogP contribution in [0.1, 0.15) is 28.8 Å². The van der Waals surface area contributed by atoms with Crippen LogP contribution in [0.2, 0.25) is 0 Å². The van der Waals surface area contributed by atoms with Gasteiger partial charge in [-0.2, -0.15) is 0 Å². The fourth-order valence-electron chi connectivity index (χ4n) is 0.875. The molecule has 5 heteroatoms. The predicted molar refractivity (Wildman–Crippen MR) is 49.0 cm³/mol. The van der Waals surface area contributed by atoms with Crippen molar-refractivity contribution in [1.82, 2.24) is 4.98 Å². The first kappa shape index (κ1) is 8.99. The summed E-state index contributed by atoms with van der Waals surface area (Å²) in [6, 6.07) is 0. The lowest BCUT2D eigenvalue weighted by atomic mass is 10.3. The summed E-state index contributed by atoms with van der Waals surface area (Å²) in [5.74, 6) is -0.550. The van der Waals surface area contributed by atoms with Crippen LogP contribution in [0.25, 0.3) is 0 Å². The van der Waals surface area contributed by atoms with Crippen molar-refractivity contribution in [3.63, 3.8) is 0 Å². The molecule has 0 aliphatic carbocycles. The zero-order chi connectivity index (χ0) is 9.14. The molecule has 0 bridgehead atoms. The third kappa shape index (κ3) is 1.73. The molecule has 0 aromatic carbocycles. The lowest BCUT2D eigenvalue weighted by Gasteiger charge is -1.87. The molecule has 1 aromatic rings. The molecule has 4 nitrogen and oxygen atoms in total. The van der Waals surface area contributed by atoms with Crippen molar-refractivity contribution >= 4 is 22.2 Å². The van der Waals surface area contributed by atoms with Gasteiger partial charge in [0.2, 0.25) is 0 Å². The van der Waals surface area contributed by atoms with E-state index in [1.54, 1.807) is 0 Å². The SMILES string of the molecule is CCCc1nc(C(N)=O)c(N)s1. The normalized spacial score (nSPS) is 10.1. The average molecular weight is 185 g/mol. The summed E-state index contributed by atoms with van der Waals surface area (Å²) in [5.41, 5.74) is 10.8. The van der Waals surface area contributed by atoms with E-state index in [0.717, 1.165) is 17.8 Å². The Hall–Kier alpha value is -1.10. The molecule has 0 unspecified atom stereocenters. The molecule has 0 spiro atoms. The number of hydrogen-bond acceptors (Lipinski definition) is 4. The predicted octanol–water partition coefficient (Wildman–Crippen LogP) is 0.777. The number of thiazole rings is 1. The van der Waals surface area contributed by atoms with Gasteiger partial charge in [-0.05, 0) is 12.8 Å². The third-order valence-corrected chi connectivity index (χ3v) is 2.34. The third-order valence-electron chi connectivity index (χ3n) is 1.39. The number of primary amides is 1. The van der Waals surface area contributed by atoms with Gasteiger partial charge >= 0.3 is 0 Å². The van der Waals surface area contributed by atoms with Crippen LogP contribution in [0.4, 0.5) is 5.00 Å². The highest BCUT2D eigenvalue weighted by atomic mass is 32.1. The number of carbonyl (C=O) groups excluding carboxylic acids is 1. The number of carbonyl (C=O) groups is 1. The van der Waals surface area contributed by atoms with E-state index >= 15 is 0 Å². The standard InChI is InChI=1S/C7H11N3OS/c1-2-3-4-10-5(6(8)11)7(9)12-4/h2-3,9H2,1H3,(H2,8,11). The van der Waals surface area contributed by atoms with Crippen LogP contribution in [-0.2, 0) is 6.42 Å². The van der Waals surface area contributed by atoms with Crippen molar-refractivity contribution in [2.24, 2.45) is 5.73 Å². The Bertz CT molecular complexity index is 295. The summed E-state index contributed by atoms with van der Waals surface area (Å²) < 4.78 is 0. The topological polar surface area (TPSA) is 82.0 Å². The first-order valence-corrected chi connectivity index (χ1v) is 4.51. The van der Waals surface area contributed by atoms with Gasteiger partial charge in [0.1, 0.15) is 5.00 Å². The quantitative estimate of drug-likeness (QED) is 0.730. The minimum absolute atomic E-state index is 0.212. The smallest absolute Gasteiger partial charge is 0.270 e. The zero-order valence-corrected chi connectivity index (χ0v) is 7.65. The number of aromatic nitrogens is 1. The molecule has 12 heavy (non-hydrogen) atoms. The number of nitrogens with two attached hydrogens (primary N) is 2. The van der Waals surface area contributed by atoms with Gasteiger partial charge in [0.25, 0.3) is 5.91 Å². The van der Waals surface area contributed by atoms with Crippen LogP contribution in [0, 0.1) is 0 Å². The van der Waals surface area contributed by atoms with Crippen LogP contribution in [0.5, 0.6) is 0 Å².